The van der Waals surface area contributed by atoms with Crippen molar-refractivity contribution in [2.24, 2.45) is 0 Å². The van der Waals surface area contributed by atoms with Crippen LogP contribution < -0.4 is 15.4 Å². The molecule has 4 N–H and O–H groups in total. The molecule has 36 heavy (non-hydrogen) atoms. The fourth-order valence-corrected chi connectivity index (χ4v) is 4.75. The second kappa shape index (κ2) is 9.73. The van der Waals surface area contributed by atoms with Gasteiger partial charge < -0.3 is 20.5 Å². The molecule has 1 saturated heterocycles. The van der Waals surface area contributed by atoms with Gasteiger partial charge in [0, 0.05) is 11.3 Å². The van der Waals surface area contributed by atoms with Gasteiger partial charge in [0.25, 0.3) is 15.9 Å². The zero-order valence-corrected chi connectivity index (χ0v) is 19.2. The lowest BCUT2D eigenvalue weighted by Gasteiger charge is -2.30. The van der Waals surface area contributed by atoms with Crippen LogP contribution >= 0.6 is 0 Å². The minimum atomic E-state index is -5.05. The van der Waals surface area contributed by atoms with Crippen LogP contribution in [-0.4, -0.2) is 56.6 Å². The number of benzene rings is 2. The molecule has 10 nitrogen and oxygen atoms in total. The number of esters is 1. The first-order valence-corrected chi connectivity index (χ1v) is 11.6. The highest BCUT2D eigenvalue weighted by Crippen LogP contribution is 2.33. The molecule has 2 atom stereocenters. The maximum absolute atomic E-state index is 13.5. The molecule has 3 rings (SSSR count). The summed E-state index contributed by atoms with van der Waals surface area (Å²) >= 11 is 0. The van der Waals surface area contributed by atoms with E-state index in [0.717, 1.165) is 37.4 Å². The van der Waals surface area contributed by atoms with Gasteiger partial charge in [0.15, 0.2) is 5.54 Å². The van der Waals surface area contributed by atoms with Crippen molar-refractivity contribution >= 4 is 33.6 Å². The van der Waals surface area contributed by atoms with Crippen LogP contribution in [0.3, 0.4) is 0 Å². The third-order valence-corrected chi connectivity index (χ3v) is 6.84. The van der Waals surface area contributed by atoms with Gasteiger partial charge in [0.05, 0.1) is 17.6 Å². The number of carbonyl (C=O) groups is 3. The number of methoxy groups -OCH3 is 1. The maximum Gasteiger partial charge on any atom is 0.419 e. The number of carboxylic acid groups (broad SMARTS) is 1. The van der Waals surface area contributed by atoms with Gasteiger partial charge in [-0.25, -0.2) is 17.6 Å². The van der Waals surface area contributed by atoms with Crippen molar-refractivity contribution in [3.05, 3.63) is 59.4 Å². The Balaban J connectivity index is 1.82. The minimum Gasteiger partial charge on any atom is -0.480 e. The third kappa shape index (κ3) is 5.26. The van der Waals surface area contributed by atoms with Gasteiger partial charge in [0.1, 0.15) is 11.9 Å². The zero-order chi connectivity index (χ0) is 26.9. The van der Waals surface area contributed by atoms with Crippen molar-refractivity contribution in [3.63, 3.8) is 0 Å². The lowest BCUT2D eigenvalue weighted by Crippen LogP contribution is -2.64. The first kappa shape index (κ1) is 26.9. The minimum absolute atomic E-state index is 0.0870. The summed E-state index contributed by atoms with van der Waals surface area (Å²) in [5.74, 6) is -4.87. The Hall–Kier alpha value is -3.72. The number of anilines is 1. The molecule has 1 unspecified atom stereocenters. The van der Waals surface area contributed by atoms with Gasteiger partial charge in [-0.3, -0.25) is 14.3 Å². The standard InChI is InChI=1S/C21H19F4N3O7S/c1-35-19(32)20(8-9-26-16(20)18(30)31)27-17(29)11-2-5-13(6-3-11)36(33,34)28-12-4-7-15(22)14(10-12)21(23,24)25/h2-7,10,16,26,28H,8-9H2,1H3,(H,27,29)(H,30,31)/t16-,20?/m1/s1. The Morgan fingerprint density at radius 1 is 1.14 bits per heavy atom. The second-order valence-corrected chi connectivity index (χ2v) is 9.40. The molecule has 2 aromatic rings. The monoisotopic (exact) mass is 533 g/mol. The highest BCUT2D eigenvalue weighted by Gasteiger charge is 2.55. The van der Waals surface area contributed by atoms with E-state index < -0.39 is 67.6 Å². The molecule has 0 bridgehead atoms. The first-order chi connectivity index (χ1) is 16.7. The largest absolute Gasteiger partial charge is 0.480 e. The summed E-state index contributed by atoms with van der Waals surface area (Å²) in [6, 6.07) is 4.15. The highest BCUT2D eigenvalue weighted by molar-refractivity contribution is 7.92. The Kier molecular flexibility index (Phi) is 7.27. The number of ether oxygens (including phenoxy) is 1. The van der Waals surface area contributed by atoms with E-state index in [0.29, 0.717) is 12.1 Å². The predicted molar refractivity (Wildman–Crippen MR) is 115 cm³/mol. The molecule has 0 aliphatic carbocycles. The Bertz CT molecular complexity index is 1300. The van der Waals surface area contributed by atoms with Crippen LogP contribution in [0.25, 0.3) is 0 Å². The molecule has 194 valence electrons. The number of hydrogen-bond donors (Lipinski definition) is 4. The average Bonchev–Trinajstić information content (AvgIpc) is 3.24. The number of rotatable bonds is 7. The van der Waals surface area contributed by atoms with Crippen molar-refractivity contribution in [1.82, 2.24) is 10.6 Å². The number of sulfonamides is 1. The summed E-state index contributed by atoms with van der Waals surface area (Å²) in [4.78, 5) is 36.3. The molecule has 2 aromatic carbocycles. The lowest BCUT2D eigenvalue weighted by atomic mass is 9.89. The average molecular weight is 533 g/mol. The van der Waals surface area contributed by atoms with Gasteiger partial charge in [-0.05, 0) is 55.4 Å². The van der Waals surface area contributed by atoms with Crippen molar-refractivity contribution in [2.75, 3.05) is 18.4 Å². The highest BCUT2D eigenvalue weighted by atomic mass is 32.2. The third-order valence-electron chi connectivity index (χ3n) is 5.44. The maximum atomic E-state index is 13.5. The zero-order valence-electron chi connectivity index (χ0n) is 18.3. The lowest BCUT2D eigenvalue weighted by molar-refractivity contribution is -0.154. The smallest absolute Gasteiger partial charge is 0.419 e. The number of halogens is 4. The molecule has 1 heterocycles. The molecule has 1 aliphatic heterocycles. The molecule has 0 aromatic heterocycles. The quantitative estimate of drug-likeness (QED) is 0.310. The summed E-state index contributed by atoms with van der Waals surface area (Å²) in [5, 5.41) is 14.4. The van der Waals surface area contributed by atoms with E-state index in [-0.39, 0.29) is 18.5 Å². The molecular formula is C21H19F4N3O7S. The molecule has 0 spiro atoms. The van der Waals surface area contributed by atoms with E-state index in [1.54, 1.807) is 0 Å². The first-order valence-electron chi connectivity index (χ1n) is 10.1. The number of hydrogen-bond acceptors (Lipinski definition) is 7. The van der Waals surface area contributed by atoms with Gasteiger partial charge in [-0.1, -0.05) is 0 Å². The van der Waals surface area contributed by atoms with Crippen LogP contribution in [0, 0.1) is 5.82 Å². The van der Waals surface area contributed by atoms with E-state index in [2.05, 4.69) is 15.4 Å². The molecule has 1 fully saturated rings. The van der Waals surface area contributed by atoms with Gasteiger partial charge >= 0.3 is 18.1 Å². The Labute approximate surface area is 201 Å². The number of amides is 1. The van der Waals surface area contributed by atoms with Crippen molar-refractivity contribution < 1.29 is 50.2 Å². The number of alkyl halides is 3. The Morgan fingerprint density at radius 3 is 2.33 bits per heavy atom. The normalized spacial score (nSPS) is 20.0. The molecule has 1 aliphatic rings. The van der Waals surface area contributed by atoms with E-state index in [1.165, 1.54) is 0 Å². The SMILES string of the molecule is COC(=O)C1(NC(=O)c2ccc(S(=O)(=O)Nc3ccc(F)c(C(F)(F)F)c3)cc2)CCN[C@@H]1C(=O)O. The van der Waals surface area contributed by atoms with Crippen molar-refractivity contribution in [3.8, 4) is 0 Å². The summed E-state index contributed by atoms with van der Waals surface area (Å²) in [6.07, 6.45) is -5.13. The van der Waals surface area contributed by atoms with Gasteiger partial charge in [-0.2, -0.15) is 13.2 Å². The van der Waals surface area contributed by atoms with Gasteiger partial charge in [0.2, 0.25) is 0 Å². The van der Waals surface area contributed by atoms with Crippen LogP contribution in [0.4, 0.5) is 23.2 Å². The molecular weight excluding hydrogens is 514 g/mol. The molecule has 0 radical (unpaired) electrons. The number of carboxylic acids is 1. The van der Waals surface area contributed by atoms with Crippen molar-refractivity contribution in [1.29, 1.82) is 0 Å². The van der Waals surface area contributed by atoms with Crippen LogP contribution in [-0.2, 0) is 30.5 Å². The van der Waals surface area contributed by atoms with Gasteiger partial charge in [-0.15, -0.1) is 0 Å². The number of carbonyl (C=O) groups excluding carboxylic acids is 2. The summed E-state index contributed by atoms with van der Waals surface area (Å²) in [7, 11) is -3.41. The molecule has 0 saturated carbocycles. The van der Waals surface area contributed by atoms with Crippen LogP contribution in [0.2, 0.25) is 0 Å². The van der Waals surface area contributed by atoms with E-state index in [1.807, 2.05) is 4.72 Å². The number of aliphatic carboxylic acids is 1. The number of nitrogens with one attached hydrogen (secondary N) is 3. The van der Waals surface area contributed by atoms with E-state index in [9.17, 15) is 45.5 Å². The fourth-order valence-electron chi connectivity index (χ4n) is 3.70. The second-order valence-electron chi connectivity index (χ2n) is 7.71. The molecule has 1 amide bonds. The van der Waals surface area contributed by atoms with E-state index in [4.69, 9.17) is 0 Å². The summed E-state index contributed by atoms with van der Waals surface area (Å²) in [5.41, 5.74) is -4.26. The van der Waals surface area contributed by atoms with Crippen LogP contribution in [0.15, 0.2) is 47.4 Å². The van der Waals surface area contributed by atoms with Crippen LogP contribution in [0.5, 0.6) is 0 Å². The molecule has 15 heteroatoms. The van der Waals surface area contributed by atoms with Crippen LogP contribution in [0.1, 0.15) is 22.3 Å². The summed E-state index contributed by atoms with van der Waals surface area (Å²) < 4.78 is 83.9. The van der Waals surface area contributed by atoms with E-state index >= 15 is 0 Å². The fraction of sp³-hybridized carbons (Fsp3) is 0.286. The predicted octanol–water partition coefficient (Wildman–Crippen LogP) is 1.73. The summed E-state index contributed by atoms with van der Waals surface area (Å²) in [6.45, 7) is 0.0919. The van der Waals surface area contributed by atoms with Crippen molar-refractivity contribution in [2.45, 2.75) is 29.1 Å². The Morgan fingerprint density at radius 2 is 1.78 bits per heavy atom. The topological polar surface area (TPSA) is 151 Å².